The van der Waals surface area contributed by atoms with Crippen molar-refractivity contribution in [2.75, 3.05) is 19.5 Å². The second-order valence-electron chi connectivity index (χ2n) is 4.27. The molecule has 0 aliphatic rings. The van der Waals surface area contributed by atoms with Crippen LogP contribution in [0.3, 0.4) is 0 Å². The van der Waals surface area contributed by atoms with Crippen LogP contribution >= 0.6 is 0 Å². The average Bonchev–Trinajstić information content (AvgIpc) is 2.47. The van der Waals surface area contributed by atoms with Gasteiger partial charge in [0.05, 0.1) is 25.5 Å². The van der Waals surface area contributed by atoms with Crippen LogP contribution in [0.5, 0.6) is 11.5 Å². The molecule has 2 aromatic rings. The first kappa shape index (κ1) is 15.0. The lowest BCUT2D eigenvalue weighted by molar-refractivity contribution is -0.137. The van der Waals surface area contributed by atoms with Crippen molar-refractivity contribution in [3.8, 4) is 11.5 Å². The van der Waals surface area contributed by atoms with Gasteiger partial charge in [0.1, 0.15) is 11.5 Å². The summed E-state index contributed by atoms with van der Waals surface area (Å²) in [5.41, 5.74) is 0.485. The fraction of sp³-hybridized carbons (Fsp3) is 0.200. The molecular formula is C15H14F3NO2. The van der Waals surface area contributed by atoms with Gasteiger partial charge < -0.3 is 14.8 Å². The third-order valence-electron chi connectivity index (χ3n) is 2.90. The molecule has 2 aromatic carbocycles. The van der Waals surface area contributed by atoms with Crippen LogP contribution in [-0.4, -0.2) is 14.2 Å². The normalized spacial score (nSPS) is 11.1. The number of benzene rings is 2. The largest absolute Gasteiger partial charge is 0.497 e. The maximum atomic E-state index is 12.5. The number of nitrogens with one attached hydrogen (secondary N) is 1. The van der Waals surface area contributed by atoms with E-state index >= 15 is 0 Å². The first-order valence-electron chi connectivity index (χ1n) is 6.10. The molecule has 0 bridgehead atoms. The van der Waals surface area contributed by atoms with Crippen molar-refractivity contribution >= 4 is 11.4 Å². The highest BCUT2D eigenvalue weighted by molar-refractivity contribution is 5.67. The predicted molar refractivity (Wildman–Crippen MR) is 74.3 cm³/mol. The summed E-state index contributed by atoms with van der Waals surface area (Å²) in [5, 5.41) is 3.01. The van der Waals surface area contributed by atoms with Gasteiger partial charge in [0.2, 0.25) is 0 Å². The van der Waals surface area contributed by atoms with E-state index in [1.54, 1.807) is 18.2 Å². The summed E-state index contributed by atoms with van der Waals surface area (Å²) >= 11 is 0. The van der Waals surface area contributed by atoms with Gasteiger partial charge in [-0.2, -0.15) is 13.2 Å². The van der Waals surface area contributed by atoms with E-state index in [9.17, 15) is 13.2 Å². The number of halogens is 3. The molecule has 0 amide bonds. The zero-order chi connectivity index (χ0) is 15.5. The molecule has 21 heavy (non-hydrogen) atoms. The average molecular weight is 297 g/mol. The van der Waals surface area contributed by atoms with Gasteiger partial charge in [-0.3, -0.25) is 0 Å². The molecule has 0 atom stereocenters. The number of rotatable bonds is 4. The number of methoxy groups -OCH3 is 2. The van der Waals surface area contributed by atoms with Crippen LogP contribution in [0.2, 0.25) is 0 Å². The van der Waals surface area contributed by atoms with Crippen molar-refractivity contribution in [1.29, 1.82) is 0 Å². The van der Waals surface area contributed by atoms with Gasteiger partial charge in [-0.1, -0.05) is 0 Å². The van der Waals surface area contributed by atoms with Crippen molar-refractivity contribution in [3.05, 3.63) is 48.0 Å². The Morgan fingerprint density at radius 3 is 2.10 bits per heavy atom. The number of alkyl halides is 3. The molecule has 0 aliphatic carbocycles. The molecule has 0 fully saturated rings. The summed E-state index contributed by atoms with van der Waals surface area (Å²) in [6.45, 7) is 0. The van der Waals surface area contributed by atoms with E-state index < -0.39 is 11.7 Å². The Morgan fingerprint density at radius 2 is 1.57 bits per heavy atom. The Labute approximate surface area is 120 Å². The summed E-state index contributed by atoms with van der Waals surface area (Å²) in [4.78, 5) is 0. The van der Waals surface area contributed by atoms with Gasteiger partial charge in [0, 0.05) is 11.8 Å². The van der Waals surface area contributed by atoms with Crippen LogP contribution in [0.1, 0.15) is 5.56 Å². The highest BCUT2D eigenvalue weighted by atomic mass is 19.4. The van der Waals surface area contributed by atoms with Crippen LogP contribution in [0, 0.1) is 0 Å². The maximum absolute atomic E-state index is 12.5. The monoisotopic (exact) mass is 297 g/mol. The second kappa shape index (κ2) is 5.95. The molecule has 0 spiro atoms. The SMILES string of the molecule is COc1ccc(Nc2ccc(C(F)(F)F)cc2)c(OC)c1. The molecule has 0 saturated heterocycles. The summed E-state index contributed by atoms with van der Waals surface area (Å²) in [6.07, 6.45) is -4.34. The number of hydrogen-bond donors (Lipinski definition) is 1. The van der Waals surface area contributed by atoms with E-state index in [2.05, 4.69) is 5.32 Å². The minimum atomic E-state index is -4.34. The van der Waals surface area contributed by atoms with Gasteiger partial charge >= 0.3 is 6.18 Å². The van der Waals surface area contributed by atoms with E-state index in [1.165, 1.54) is 26.4 Å². The minimum absolute atomic E-state index is 0.534. The Balaban J connectivity index is 2.22. The quantitative estimate of drug-likeness (QED) is 0.903. The van der Waals surface area contributed by atoms with Crippen molar-refractivity contribution in [2.45, 2.75) is 6.18 Å². The van der Waals surface area contributed by atoms with Crippen LogP contribution in [-0.2, 0) is 6.18 Å². The van der Waals surface area contributed by atoms with Crippen molar-refractivity contribution in [2.24, 2.45) is 0 Å². The predicted octanol–water partition coefficient (Wildman–Crippen LogP) is 4.47. The third kappa shape index (κ3) is 3.59. The topological polar surface area (TPSA) is 30.5 Å². The first-order chi connectivity index (χ1) is 9.94. The number of ether oxygens (including phenoxy) is 2. The van der Waals surface area contributed by atoms with Crippen molar-refractivity contribution in [1.82, 2.24) is 0 Å². The number of hydrogen-bond acceptors (Lipinski definition) is 3. The standard InChI is InChI=1S/C15H14F3NO2/c1-20-12-7-8-13(14(9-12)21-2)19-11-5-3-10(4-6-11)15(16,17)18/h3-9,19H,1-2H3. The van der Waals surface area contributed by atoms with Gasteiger partial charge in [-0.15, -0.1) is 0 Å². The number of anilines is 2. The molecule has 0 unspecified atom stereocenters. The van der Waals surface area contributed by atoms with E-state index in [4.69, 9.17) is 9.47 Å². The van der Waals surface area contributed by atoms with Gasteiger partial charge in [0.15, 0.2) is 0 Å². The highest BCUT2D eigenvalue weighted by Gasteiger charge is 2.29. The second-order valence-corrected chi connectivity index (χ2v) is 4.27. The maximum Gasteiger partial charge on any atom is 0.416 e. The third-order valence-corrected chi connectivity index (χ3v) is 2.90. The van der Waals surface area contributed by atoms with Crippen LogP contribution in [0.25, 0.3) is 0 Å². The lowest BCUT2D eigenvalue weighted by Gasteiger charge is -2.13. The summed E-state index contributed by atoms with van der Waals surface area (Å²) in [5.74, 6) is 1.17. The van der Waals surface area contributed by atoms with Crippen LogP contribution < -0.4 is 14.8 Å². The summed E-state index contributed by atoms with van der Waals surface area (Å²) in [7, 11) is 3.05. The smallest absolute Gasteiger partial charge is 0.416 e. The lowest BCUT2D eigenvalue weighted by Crippen LogP contribution is -2.04. The van der Waals surface area contributed by atoms with E-state index in [-0.39, 0.29) is 0 Å². The molecule has 112 valence electrons. The molecule has 0 aliphatic heterocycles. The highest BCUT2D eigenvalue weighted by Crippen LogP contribution is 2.33. The first-order valence-corrected chi connectivity index (χ1v) is 6.10. The van der Waals surface area contributed by atoms with Crippen molar-refractivity contribution < 1.29 is 22.6 Å². The van der Waals surface area contributed by atoms with E-state index in [1.807, 2.05) is 0 Å². The Kier molecular flexibility index (Phi) is 4.26. The molecule has 2 rings (SSSR count). The molecule has 0 heterocycles. The summed E-state index contributed by atoms with van der Waals surface area (Å²) in [6, 6.07) is 9.94. The van der Waals surface area contributed by atoms with Gasteiger partial charge in [0.25, 0.3) is 0 Å². The van der Waals surface area contributed by atoms with E-state index in [0.717, 1.165) is 12.1 Å². The molecule has 0 aromatic heterocycles. The molecule has 1 N–H and O–H groups in total. The molecule has 0 saturated carbocycles. The molecule has 3 nitrogen and oxygen atoms in total. The van der Waals surface area contributed by atoms with Crippen LogP contribution in [0.15, 0.2) is 42.5 Å². The Bertz CT molecular complexity index is 609. The Hall–Kier alpha value is -2.37. The van der Waals surface area contributed by atoms with Crippen LogP contribution in [0.4, 0.5) is 24.5 Å². The zero-order valence-electron chi connectivity index (χ0n) is 11.5. The fourth-order valence-corrected chi connectivity index (χ4v) is 1.80. The fourth-order valence-electron chi connectivity index (χ4n) is 1.80. The Morgan fingerprint density at radius 1 is 0.905 bits per heavy atom. The summed E-state index contributed by atoms with van der Waals surface area (Å²) < 4.78 is 47.8. The van der Waals surface area contributed by atoms with Crippen molar-refractivity contribution in [3.63, 3.8) is 0 Å². The lowest BCUT2D eigenvalue weighted by atomic mass is 10.2. The minimum Gasteiger partial charge on any atom is -0.497 e. The molecule has 0 radical (unpaired) electrons. The van der Waals surface area contributed by atoms with Gasteiger partial charge in [-0.25, -0.2) is 0 Å². The van der Waals surface area contributed by atoms with Gasteiger partial charge in [-0.05, 0) is 36.4 Å². The molecular weight excluding hydrogens is 283 g/mol. The molecule has 6 heteroatoms. The van der Waals surface area contributed by atoms with E-state index in [0.29, 0.717) is 22.9 Å². The zero-order valence-corrected chi connectivity index (χ0v) is 11.5.